The normalized spacial score (nSPS) is 19.2. The lowest BCUT2D eigenvalue weighted by atomic mass is 10.0. The summed E-state index contributed by atoms with van der Waals surface area (Å²) >= 11 is 0. The minimum atomic E-state index is -0.0418. The summed E-state index contributed by atoms with van der Waals surface area (Å²) < 4.78 is 5.44. The number of carbonyl (C=O) groups is 1. The number of piperidine rings is 1. The van der Waals surface area contributed by atoms with Gasteiger partial charge in [0.05, 0.1) is 18.8 Å². The van der Waals surface area contributed by atoms with Gasteiger partial charge in [-0.2, -0.15) is 0 Å². The van der Waals surface area contributed by atoms with Crippen molar-refractivity contribution in [3.8, 4) is 5.75 Å². The molecule has 1 aliphatic rings. The highest BCUT2D eigenvalue weighted by Crippen LogP contribution is 2.27. The van der Waals surface area contributed by atoms with Crippen molar-refractivity contribution >= 4 is 11.6 Å². The number of ether oxygens (including phenoxy) is 1. The number of anilines is 1. The Hall–Kier alpha value is -1.59. The molecule has 1 heterocycles. The quantitative estimate of drug-likeness (QED) is 0.905. The monoisotopic (exact) mass is 305 g/mol. The van der Waals surface area contributed by atoms with Crippen LogP contribution in [0.1, 0.15) is 24.8 Å². The second-order valence-electron chi connectivity index (χ2n) is 6.25. The number of hydrogen-bond acceptors (Lipinski definition) is 4. The Labute approximate surface area is 133 Å². The number of likely N-dealkylation sites (N-methyl/N-ethyl adjacent to an activating group) is 1. The molecule has 0 unspecified atom stereocenters. The van der Waals surface area contributed by atoms with E-state index < -0.39 is 0 Å². The van der Waals surface area contributed by atoms with Gasteiger partial charge in [0.25, 0.3) is 0 Å². The summed E-state index contributed by atoms with van der Waals surface area (Å²) in [6, 6.07) is 5.90. The third kappa shape index (κ3) is 4.21. The molecule has 1 aromatic rings. The van der Waals surface area contributed by atoms with Crippen molar-refractivity contribution < 1.29 is 9.53 Å². The van der Waals surface area contributed by atoms with Crippen LogP contribution in [-0.2, 0) is 11.3 Å². The maximum absolute atomic E-state index is 12.5. The summed E-state index contributed by atoms with van der Waals surface area (Å²) in [5.41, 5.74) is 1.91. The van der Waals surface area contributed by atoms with E-state index in [1.54, 1.807) is 7.11 Å². The molecule has 1 N–H and O–H groups in total. The van der Waals surface area contributed by atoms with Crippen LogP contribution in [0.3, 0.4) is 0 Å². The molecular formula is C17H27N3O2. The van der Waals surface area contributed by atoms with Crippen molar-refractivity contribution in [3.05, 3.63) is 23.8 Å². The second-order valence-corrected chi connectivity index (χ2v) is 6.25. The van der Waals surface area contributed by atoms with E-state index in [0.29, 0.717) is 5.75 Å². The molecule has 1 saturated heterocycles. The summed E-state index contributed by atoms with van der Waals surface area (Å²) in [5, 5.41) is 3.02. The van der Waals surface area contributed by atoms with Gasteiger partial charge in [-0.05, 0) is 58.2 Å². The molecule has 5 heteroatoms. The summed E-state index contributed by atoms with van der Waals surface area (Å²) in [6.45, 7) is 1.83. The maximum Gasteiger partial charge on any atom is 0.241 e. The van der Waals surface area contributed by atoms with Gasteiger partial charge in [-0.1, -0.05) is 12.5 Å². The fourth-order valence-corrected chi connectivity index (χ4v) is 2.92. The van der Waals surface area contributed by atoms with Gasteiger partial charge in [0.2, 0.25) is 5.91 Å². The Morgan fingerprint density at radius 3 is 2.82 bits per heavy atom. The highest BCUT2D eigenvalue weighted by Gasteiger charge is 2.26. The van der Waals surface area contributed by atoms with Gasteiger partial charge in [0, 0.05) is 6.54 Å². The van der Waals surface area contributed by atoms with Crippen LogP contribution < -0.4 is 10.1 Å². The first-order valence-corrected chi connectivity index (χ1v) is 7.84. The van der Waals surface area contributed by atoms with E-state index in [4.69, 9.17) is 4.74 Å². The van der Waals surface area contributed by atoms with Crippen molar-refractivity contribution in [2.75, 3.05) is 40.1 Å². The summed E-state index contributed by atoms with van der Waals surface area (Å²) in [7, 11) is 7.71. The van der Waals surface area contributed by atoms with Gasteiger partial charge in [-0.3, -0.25) is 9.69 Å². The molecule has 122 valence electrons. The van der Waals surface area contributed by atoms with E-state index in [1.165, 1.54) is 6.42 Å². The number of likely N-dealkylation sites (tertiary alicyclic amines) is 1. The lowest BCUT2D eigenvalue weighted by Gasteiger charge is -2.31. The van der Waals surface area contributed by atoms with Crippen molar-refractivity contribution in [3.63, 3.8) is 0 Å². The number of methoxy groups -OCH3 is 1. The van der Waals surface area contributed by atoms with E-state index in [1.807, 2.05) is 39.3 Å². The van der Waals surface area contributed by atoms with Crippen LogP contribution in [0.5, 0.6) is 5.75 Å². The Bertz CT molecular complexity index is 517. The molecule has 0 saturated carbocycles. The van der Waals surface area contributed by atoms with Crippen LogP contribution in [0.2, 0.25) is 0 Å². The largest absolute Gasteiger partial charge is 0.495 e. The Balaban J connectivity index is 2.09. The van der Waals surface area contributed by atoms with Gasteiger partial charge in [0.1, 0.15) is 5.75 Å². The van der Waals surface area contributed by atoms with Gasteiger partial charge in [0.15, 0.2) is 0 Å². The number of rotatable bonds is 5. The molecular weight excluding hydrogens is 278 g/mol. The fourth-order valence-electron chi connectivity index (χ4n) is 2.92. The smallest absolute Gasteiger partial charge is 0.241 e. The van der Waals surface area contributed by atoms with Crippen molar-refractivity contribution in [2.45, 2.75) is 31.8 Å². The molecule has 1 fully saturated rings. The van der Waals surface area contributed by atoms with E-state index in [2.05, 4.69) is 15.1 Å². The van der Waals surface area contributed by atoms with Crippen LogP contribution in [0.15, 0.2) is 18.2 Å². The molecule has 1 amide bonds. The molecule has 1 atom stereocenters. The molecule has 0 spiro atoms. The molecule has 5 nitrogen and oxygen atoms in total. The minimum Gasteiger partial charge on any atom is -0.495 e. The van der Waals surface area contributed by atoms with E-state index in [0.717, 1.165) is 37.2 Å². The SMILES string of the molecule is COc1cc(CN(C)C)ccc1NC(=O)[C@@H]1CCCCN1C. The number of carbonyl (C=O) groups excluding carboxylic acids is 1. The highest BCUT2D eigenvalue weighted by molar-refractivity contribution is 5.96. The number of benzene rings is 1. The standard InChI is InChI=1S/C17H27N3O2/c1-19(2)12-13-8-9-14(16(11-13)22-4)18-17(21)15-7-5-6-10-20(15)3/h8-9,11,15H,5-7,10,12H2,1-4H3,(H,18,21)/t15-/m0/s1. The fraction of sp³-hybridized carbons (Fsp3) is 0.588. The van der Waals surface area contributed by atoms with Gasteiger partial charge >= 0.3 is 0 Å². The van der Waals surface area contributed by atoms with Crippen LogP contribution >= 0.6 is 0 Å². The zero-order valence-electron chi connectivity index (χ0n) is 14.1. The lowest BCUT2D eigenvalue weighted by molar-refractivity contribution is -0.121. The molecule has 0 aromatic heterocycles. The van der Waals surface area contributed by atoms with Crippen LogP contribution in [0.4, 0.5) is 5.69 Å². The van der Waals surface area contributed by atoms with E-state index >= 15 is 0 Å². The highest BCUT2D eigenvalue weighted by atomic mass is 16.5. The third-order valence-electron chi connectivity index (χ3n) is 4.10. The zero-order chi connectivity index (χ0) is 16.1. The average molecular weight is 305 g/mol. The third-order valence-corrected chi connectivity index (χ3v) is 4.10. The van der Waals surface area contributed by atoms with Gasteiger partial charge < -0.3 is 15.0 Å². The Kier molecular flexibility index (Phi) is 5.80. The first-order valence-electron chi connectivity index (χ1n) is 7.84. The number of hydrogen-bond donors (Lipinski definition) is 1. The topological polar surface area (TPSA) is 44.8 Å². The van der Waals surface area contributed by atoms with Crippen LogP contribution in [-0.4, -0.2) is 56.5 Å². The van der Waals surface area contributed by atoms with Crippen molar-refractivity contribution in [1.29, 1.82) is 0 Å². The van der Waals surface area contributed by atoms with E-state index in [-0.39, 0.29) is 11.9 Å². The number of nitrogens with one attached hydrogen (secondary N) is 1. The van der Waals surface area contributed by atoms with Crippen molar-refractivity contribution in [1.82, 2.24) is 9.80 Å². The Morgan fingerprint density at radius 1 is 1.41 bits per heavy atom. The molecule has 22 heavy (non-hydrogen) atoms. The number of amides is 1. The summed E-state index contributed by atoms with van der Waals surface area (Å²) in [6.07, 6.45) is 3.20. The van der Waals surface area contributed by atoms with Gasteiger partial charge in [-0.25, -0.2) is 0 Å². The predicted molar refractivity (Wildman–Crippen MR) is 89.3 cm³/mol. The predicted octanol–water partition coefficient (Wildman–Crippen LogP) is 2.18. The average Bonchev–Trinajstić information content (AvgIpc) is 2.48. The minimum absolute atomic E-state index is 0.0418. The molecule has 1 aliphatic heterocycles. The first kappa shape index (κ1) is 16.8. The molecule has 0 bridgehead atoms. The van der Waals surface area contributed by atoms with E-state index in [9.17, 15) is 4.79 Å². The van der Waals surface area contributed by atoms with Crippen molar-refractivity contribution in [2.24, 2.45) is 0 Å². The molecule has 2 rings (SSSR count). The lowest BCUT2D eigenvalue weighted by Crippen LogP contribution is -2.44. The zero-order valence-corrected chi connectivity index (χ0v) is 14.1. The molecule has 0 radical (unpaired) electrons. The summed E-state index contributed by atoms with van der Waals surface area (Å²) in [4.78, 5) is 16.7. The molecule has 1 aromatic carbocycles. The van der Waals surface area contributed by atoms with Crippen LogP contribution in [0.25, 0.3) is 0 Å². The first-order chi connectivity index (χ1) is 10.5. The Morgan fingerprint density at radius 2 is 2.18 bits per heavy atom. The van der Waals surface area contributed by atoms with Gasteiger partial charge in [-0.15, -0.1) is 0 Å². The maximum atomic E-state index is 12.5. The molecule has 0 aliphatic carbocycles. The van der Waals surface area contributed by atoms with Crippen LogP contribution in [0, 0.1) is 0 Å². The summed E-state index contributed by atoms with van der Waals surface area (Å²) in [5.74, 6) is 0.770. The number of nitrogens with zero attached hydrogens (tertiary/aromatic N) is 2. The second kappa shape index (κ2) is 7.61.